The number of hydrogen-bond donors (Lipinski definition) is 0. The van der Waals surface area contributed by atoms with Gasteiger partial charge in [-0.15, -0.1) is 0 Å². The minimum absolute atomic E-state index is 0.00251. The molecule has 1 aliphatic rings. The van der Waals surface area contributed by atoms with E-state index in [-0.39, 0.29) is 5.91 Å². The number of carbonyl (C=O) groups excluding carboxylic acids is 1. The predicted molar refractivity (Wildman–Crippen MR) is 108 cm³/mol. The summed E-state index contributed by atoms with van der Waals surface area (Å²) in [7, 11) is 1.80. The van der Waals surface area contributed by atoms with Crippen molar-refractivity contribution in [2.45, 2.75) is 0 Å². The van der Waals surface area contributed by atoms with Crippen molar-refractivity contribution in [3.05, 3.63) is 88.4 Å². The number of benzene rings is 3. The van der Waals surface area contributed by atoms with Gasteiger partial charge in [0.2, 0.25) is 0 Å². The van der Waals surface area contributed by atoms with Gasteiger partial charge in [-0.25, -0.2) is 0 Å². The molecule has 1 aliphatic heterocycles. The van der Waals surface area contributed by atoms with Crippen LogP contribution in [0.3, 0.4) is 0 Å². The molecule has 0 spiro atoms. The highest BCUT2D eigenvalue weighted by molar-refractivity contribution is 9.10. The van der Waals surface area contributed by atoms with Crippen molar-refractivity contribution in [3.63, 3.8) is 0 Å². The van der Waals surface area contributed by atoms with E-state index in [2.05, 4.69) is 15.9 Å². The van der Waals surface area contributed by atoms with Crippen molar-refractivity contribution < 1.29 is 9.53 Å². The normalized spacial score (nSPS) is 14.6. The van der Waals surface area contributed by atoms with E-state index in [0.717, 1.165) is 32.8 Å². The largest absolute Gasteiger partial charge is 0.457 e. The van der Waals surface area contributed by atoms with Gasteiger partial charge in [-0.2, -0.15) is 0 Å². The van der Waals surface area contributed by atoms with E-state index in [1.54, 1.807) is 11.9 Å². The zero-order valence-electron chi connectivity index (χ0n) is 14.1. The number of amides is 1. The fourth-order valence-corrected chi connectivity index (χ4v) is 3.35. The Kier molecular flexibility index (Phi) is 4.35. The van der Waals surface area contributed by atoms with Crippen LogP contribution in [0.5, 0.6) is 11.5 Å². The third-order valence-electron chi connectivity index (χ3n) is 4.32. The highest BCUT2D eigenvalue weighted by Crippen LogP contribution is 2.38. The van der Waals surface area contributed by atoms with Crippen molar-refractivity contribution in [3.8, 4) is 11.5 Å². The van der Waals surface area contributed by atoms with Crippen molar-refractivity contribution in [2.24, 2.45) is 0 Å². The first-order valence-electron chi connectivity index (χ1n) is 8.24. The van der Waals surface area contributed by atoms with Gasteiger partial charge < -0.3 is 9.64 Å². The number of nitrogens with zero attached hydrogens (tertiary/aromatic N) is 1. The SMILES string of the molecule is CN1C(=O)C(=Cc2ccc(Oc3ccccc3)cc2)c2cc(Br)ccc21. The maximum absolute atomic E-state index is 12.6. The predicted octanol–water partition coefficient (Wildman–Crippen LogP) is 5.76. The van der Waals surface area contributed by atoms with E-state index in [0.29, 0.717) is 5.57 Å². The van der Waals surface area contributed by atoms with Gasteiger partial charge in [-0.05, 0) is 54.1 Å². The van der Waals surface area contributed by atoms with E-state index >= 15 is 0 Å². The fourth-order valence-electron chi connectivity index (χ4n) is 2.98. The molecule has 3 aromatic carbocycles. The number of anilines is 1. The molecule has 0 bridgehead atoms. The third-order valence-corrected chi connectivity index (χ3v) is 4.81. The van der Waals surface area contributed by atoms with Gasteiger partial charge in [0.15, 0.2) is 0 Å². The summed E-state index contributed by atoms with van der Waals surface area (Å²) in [6.07, 6.45) is 1.92. The van der Waals surface area contributed by atoms with Crippen LogP contribution in [-0.2, 0) is 4.79 Å². The van der Waals surface area contributed by atoms with Gasteiger partial charge in [0.25, 0.3) is 5.91 Å². The van der Waals surface area contributed by atoms with Crippen LogP contribution in [0, 0.1) is 0 Å². The summed E-state index contributed by atoms with van der Waals surface area (Å²) in [5, 5.41) is 0. The first kappa shape index (κ1) is 16.6. The average molecular weight is 406 g/mol. The van der Waals surface area contributed by atoms with Gasteiger partial charge in [0.1, 0.15) is 11.5 Å². The quantitative estimate of drug-likeness (QED) is 0.518. The lowest BCUT2D eigenvalue weighted by Gasteiger charge is -2.08. The lowest BCUT2D eigenvalue weighted by atomic mass is 10.0. The molecule has 128 valence electrons. The summed E-state index contributed by atoms with van der Waals surface area (Å²) in [5.41, 5.74) is 3.51. The average Bonchev–Trinajstić information content (AvgIpc) is 2.88. The molecule has 0 N–H and O–H groups in total. The maximum Gasteiger partial charge on any atom is 0.258 e. The van der Waals surface area contributed by atoms with E-state index < -0.39 is 0 Å². The van der Waals surface area contributed by atoms with Crippen molar-refractivity contribution >= 4 is 39.2 Å². The van der Waals surface area contributed by atoms with Gasteiger partial charge in [0.05, 0.1) is 5.69 Å². The molecule has 0 fully saturated rings. The van der Waals surface area contributed by atoms with Crippen LogP contribution in [0.2, 0.25) is 0 Å². The Morgan fingerprint density at radius 3 is 2.35 bits per heavy atom. The van der Waals surface area contributed by atoms with E-state index in [1.807, 2.05) is 78.9 Å². The molecule has 0 aromatic heterocycles. The van der Waals surface area contributed by atoms with Crippen LogP contribution in [0.25, 0.3) is 11.6 Å². The van der Waals surface area contributed by atoms with Crippen LogP contribution in [0.4, 0.5) is 5.69 Å². The van der Waals surface area contributed by atoms with Crippen LogP contribution in [0.1, 0.15) is 11.1 Å². The molecule has 26 heavy (non-hydrogen) atoms. The monoisotopic (exact) mass is 405 g/mol. The van der Waals surface area contributed by atoms with Crippen LogP contribution in [0.15, 0.2) is 77.3 Å². The summed E-state index contributed by atoms with van der Waals surface area (Å²) in [6, 6.07) is 23.3. The topological polar surface area (TPSA) is 29.5 Å². The summed E-state index contributed by atoms with van der Waals surface area (Å²) >= 11 is 3.49. The number of para-hydroxylation sites is 1. The van der Waals surface area contributed by atoms with Gasteiger partial charge in [0, 0.05) is 22.7 Å². The Morgan fingerprint density at radius 1 is 0.923 bits per heavy atom. The second kappa shape index (κ2) is 6.81. The standard InChI is InChI=1S/C22H16BrNO2/c1-24-21-12-9-16(23)14-19(21)20(22(24)25)13-15-7-10-18(11-8-15)26-17-5-3-2-4-6-17/h2-14H,1H3. The zero-order chi connectivity index (χ0) is 18.1. The Morgan fingerprint density at radius 2 is 1.62 bits per heavy atom. The number of rotatable bonds is 3. The molecule has 0 saturated heterocycles. The minimum atomic E-state index is 0.00251. The second-order valence-corrected chi connectivity index (χ2v) is 6.98. The number of halogens is 1. The minimum Gasteiger partial charge on any atom is -0.457 e. The lowest BCUT2D eigenvalue weighted by molar-refractivity contribution is -0.112. The summed E-state index contributed by atoms with van der Waals surface area (Å²) in [6.45, 7) is 0. The first-order chi connectivity index (χ1) is 12.6. The van der Waals surface area contributed by atoms with Crippen LogP contribution >= 0.6 is 15.9 Å². The van der Waals surface area contributed by atoms with Gasteiger partial charge >= 0.3 is 0 Å². The molecule has 3 aromatic rings. The van der Waals surface area contributed by atoms with E-state index in [1.165, 1.54) is 0 Å². The fraction of sp³-hybridized carbons (Fsp3) is 0.0455. The number of likely N-dealkylation sites (N-methyl/N-ethyl adjacent to an activating group) is 1. The van der Waals surface area contributed by atoms with E-state index in [4.69, 9.17) is 4.74 Å². The summed E-state index contributed by atoms with van der Waals surface area (Å²) in [5.74, 6) is 1.56. The zero-order valence-corrected chi connectivity index (χ0v) is 15.7. The number of ether oxygens (including phenoxy) is 1. The first-order valence-corrected chi connectivity index (χ1v) is 9.04. The number of carbonyl (C=O) groups is 1. The molecule has 4 heteroatoms. The molecule has 1 heterocycles. The summed E-state index contributed by atoms with van der Waals surface area (Å²) < 4.78 is 6.77. The molecular formula is C22H16BrNO2. The molecule has 3 nitrogen and oxygen atoms in total. The smallest absolute Gasteiger partial charge is 0.258 e. The van der Waals surface area contributed by atoms with Crippen molar-refractivity contribution in [1.29, 1.82) is 0 Å². The van der Waals surface area contributed by atoms with Crippen molar-refractivity contribution in [1.82, 2.24) is 0 Å². The highest BCUT2D eigenvalue weighted by Gasteiger charge is 2.29. The number of hydrogen-bond acceptors (Lipinski definition) is 2. The molecular weight excluding hydrogens is 390 g/mol. The Bertz CT molecular complexity index is 994. The van der Waals surface area contributed by atoms with Gasteiger partial charge in [-0.3, -0.25) is 4.79 Å². The highest BCUT2D eigenvalue weighted by atomic mass is 79.9. The molecule has 0 aliphatic carbocycles. The Labute approximate surface area is 160 Å². The molecule has 0 unspecified atom stereocenters. The van der Waals surface area contributed by atoms with E-state index in [9.17, 15) is 4.79 Å². The molecule has 0 radical (unpaired) electrons. The lowest BCUT2D eigenvalue weighted by Crippen LogP contribution is -2.20. The van der Waals surface area contributed by atoms with Gasteiger partial charge in [-0.1, -0.05) is 46.3 Å². The Hall–Kier alpha value is -2.85. The molecule has 4 rings (SSSR count). The van der Waals surface area contributed by atoms with Crippen LogP contribution < -0.4 is 9.64 Å². The molecule has 1 amide bonds. The van der Waals surface area contributed by atoms with Crippen LogP contribution in [-0.4, -0.2) is 13.0 Å². The summed E-state index contributed by atoms with van der Waals surface area (Å²) in [4.78, 5) is 14.3. The third kappa shape index (κ3) is 3.16. The Balaban J connectivity index is 1.63. The van der Waals surface area contributed by atoms with Crippen molar-refractivity contribution in [2.75, 3.05) is 11.9 Å². The second-order valence-electron chi connectivity index (χ2n) is 6.07. The number of fused-ring (bicyclic) bond motifs is 1. The molecule has 0 saturated carbocycles. The molecule has 0 atom stereocenters. The maximum atomic E-state index is 12.6.